The van der Waals surface area contributed by atoms with Crippen LogP contribution in [0, 0.1) is 0 Å². The van der Waals surface area contributed by atoms with E-state index in [1.165, 1.54) is 32.5 Å². The molecular weight excluding hydrogens is 152 g/mol. The van der Waals surface area contributed by atoms with Crippen LogP contribution >= 0.6 is 0 Å². The van der Waals surface area contributed by atoms with Crippen molar-refractivity contribution in [2.75, 3.05) is 33.4 Å². The predicted molar refractivity (Wildman–Crippen MR) is 48.3 cm³/mol. The highest BCUT2D eigenvalue weighted by Gasteiger charge is 2.33. The molecule has 0 amide bonds. The maximum absolute atomic E-state index is 5.21. The van der Waals surface area contributed by atoms with E-state index < -0.39 is 0 Å². The lowest BCUT2D eigenvalue weighted by Gasteiger charge is -2.39. The molecule has 0 bridgehead atoms. The number of hydrogen-bond donors (Lipinski definition) is 1. The molecule has 2 fully saturated rings. The highest BCUT2D eigenvalue weighted by Crippen LogP contribution is 2.21. The smallest absolute Gasteiger partial charge is 0.0618 e. The van der Waals surface area contributed by atoms with Crippen molar-refractivity contribution >= 4 is 0 Å². The third-order valence-electron chi connectivity index (χ3n) is 3.01. The van der Waals surface area contributed by atoms with Gasteiger partial charge in [0.2, 0.25) is 0 Å². The Labute approximate surface area is 74.1 Å². The van der Waals surface area contributed by atoms with Crippen molar-refractivity contribution in [2.45, 2.75) is 24.9 Å². The van der Waals surface area contributed by atoms with Gasteiger partial charge < -0.3 is 10.1 Å². The van der Waals surface area contributed by atoms with Gasteiger partial charge in [0.05, 0.1) is 6.61 Å². The van der Waals surface area contributed by atoms with Crippen LogP contribution in [0.4, 0.5) is 0 Å². The summed E-state index contributed by atoms with van der Waals surface area (Å²) in [7, 11) is 1.80. The number of nitrogens with one attached hydrogen (secondary N) is 1. The van der Waals surface area contributed by atoms with Crippen molar-refractivity contribution in [3.63, 3.8) is 0 Å². The zero-order valence-corrected chi connectivity index (χ0v) is 7.75. The Morgan fingerprint density at radius 3 is 2.92 bits per heavy atom. The van der Waals surface area contributed by atoms with E-state index >= 15 is 0 Å². The van der Waals surface area contributed by atoms with Gasteiger partial charge in [0.25, 0.3) is 0 Å². The second-order valence-corrected chi connectivity index (χ2v) is 3.80. The Kier molecular flexibility index (Phi) is 2.63. The van der Waals surface area contributed by atoms with Crippen molar-refractivity contribution in [1.29, 1.82) is 0 Å². The van der Waals surface area contributed by atoms with Crippen molar-refractivity contribution in [2.24, 2.45) is 0 Å². The van der Waals surface area contributed by atoms with Crippen LogP contribution in [0.15, 0.2) is 0 Å². The van der Waals surface area contributed by atoms with Gasteiger partial charge in [-0.25, -0.2) is 0 Å². The molecule has 3 nitrogen and oxygen atoms in total. The zero-order chi connectivity index (χ0) is 8.39. The fourth-order valence-corrected chi connectivity index (χ4v) is 2.22. The van der Waals surface area contributed by atoms with E-state index in [0.29, 0.717) is 6.04 Å². The summed E-state index contributed by atoms with van der Waals surface area (Å²) in [6, 6.07) is 1.50. The molecule has 2 aliphatic rings. The van der Waals surface area contributed by atoms with Gasteiger partial charge in [0.15, 0.2) is 0 Å². The zero-order valence-electron chi connectivity index (χ0n) is 7.75. The van der Waals surface area contributed by atoms with Crippen molar-refractivity contribution < 1.29 is 4.74 Å². The molecule has 3 heteroatoms. The number of ether oxygens (including phenoxy) is 1. The average Bonchev–Trinajstić information content (AvgIpc) is 2.35. The minimum Gasteiger partial charge on any atom is -0.383 e. The van der Waals surface area contributed by atoms with Gasteiger partial charge in [-0.15, -0.1) is 0 Å². The highest BCUT2D eigenvalue weighted by molar-refractivity contribution is 4.91. The van der Waals surface area contributed by atoms with E-state index in [1.54, 1.807) is 7.11 Å². The molecule has 0 saturated carbocycles. The van der Waals surface area contributed by atoms with Crippen LogP contribution in [0.5, 0.6) is 0 Å². The molecule has 12 heavy (non-hydrogen) atoms. The van der Waals surface area contributed by atoms with Crippen LogP contribution in [-0.4, -0.2) is 50.3 Å². The first-order chi connectivity index (χ1) is 5.92. The topological polar surface area (TPSA) is 24.5 Å². The van der Waals surface area contributed by atoms with E-state index in [4.69, 9.17) is 4.74 Å². The Morgan fingerprint density at radius 1 is 1.50 bits per heavy atom. The molecule has 0 aliphatic carbocycles. The van der Waals surface area contributed by atoms with Crippen LogP contribution in [0.25, 0.3) is 0 Å². The third-order valence-corrected chi connectivity index (χ3v) is 3.01. The summed E-state index contributed by atoms with van der Waals surface area (Å²) >= 11 is 0. The Hall–Kier alpha value is -0.120. The molecule has 2 rings (SSSR count). The van der Waals surface area contributed by atoms with Crippen LogP contribution in [-0.2, 0) is 4.74 Å². The van der Waals surface area contributed by atoms with Crippen LogP contribution in [0.2, 0.25) is 0 Å². The maximum atomic E-state index is 5.21. The fourth-order valence-electron chi connectivity index (χ4n) is 2.22. The van der Waals surface area contributed by atoms with Gasteiger partial charge in [-0.05, 0) is 19.4 Å². The molecule has 0 aromatic carbocycles. The highest BCUT2D eigenvalue weighted by atomic mass is 16.5. The minimum atomic E-state index is 0.696. The fraction of sp³-hybridized carbons (Fsp3) is 1.00. The van der Waals surface area contributed by atoms with Crippen molar-refractivity contribution in [3.8, 4) is 0 Å². The van der Waals surface area contributed by atoms with Gasteiger partial charge in [-0.1, -0.05) is 0 Å². The number of methoxy groups -OCH3 is 1. The number of nitrogens with zero attached hydrogens (tertiary/aromatic N) is 1. The van der Waals surface area contributed by atoms with Gasteiger partial charge in [0.1, 0.15) is 0 Å². The van der Waals surface area contributed by atoms with Gasteiger partial charge in [-0.2, -0.15) is 0 Å². The summed E-state index contributed by atoms with van der Waals surface area (Å²) in [6.45, 7) is 4.55. The van der Waals surface area contributed by atoms with Crippen molar-refractivity contribution in [3.05, 3.63) is 0 Å². The number of hydrogen-bond acceptors (Lipinski definition) is 3. The molecule has 1 N–H and O–H groups in total. The minimum absolute atomic E-state index is 0.696. The molecule has 1 atom stereocenters. The van der Waals surface area contributed by atoms with E-state index in [0.717, 1.165) is 12.6 Å². The Balaban J connectivity index is 1.85. The molecule has 0 spiro atoms. The summed E-state index contributed by atoms with van der Waals surface area (Å²) in [6.07, 6.45) is 2.68. The van der Waals surface area contributed by atoms with Crippen LogP contribution in [0.1, 0.15) is 12.8 Å². The summed E-state index contributed by atoms with van der Waals surface area (Å²) in [5.74, 6) is 0. The van der Waals surface area contributed by atoms with Gasteiger partial charge >= 0.3 is 0 Å². The van der Waals surface area contributed by atoms with Crippen LogP contribution < -0.4 is 5.32 Å². The Bertz CT molecular complexity index is 147. The quantitative estimate of drug-likeness (QED) is 0.648. The van der Waals surface area contributed by atoms with E-state index in [9.17, 15) is 0 Å². The van der Waals surface area contributed by atoms with E-state index in [2.05, 4.69) is 10.2 Å². The number of rotatable bonds is 3. The molecular formula is C9H18N2O. The first-order valence-electron chi connectivity index (χ1n) is 4.87. The predicted octanol–water partition coefficient (Wildman–Crippen LogP) is 0.0690. The molecule has 2 aliphatic heterocycles. The second kappa shape index (κ2) is 3.73. The summed E-state index contributed by atoms with van der Waals surface area (Å²) < 4.78 is 5.21. The van der Waals surface area contributed by atoms with Crippen LogP contribution in [0.3, 0.4) is 0 Å². The monoisotopic (exact) mass is 170 g/mol. The summed E-state index contributed by atoms with van der Waals surface area (Å²) in [4.78, 5) is 2.61. The molecule has 2 heterocycles. The summed E-state index contributed by atoms with van der Waals surface area (Å²) in [5, 5.41) is 3.32. The lowest BCUT2D eigenvalue weighted by atomic mass is 10.1. The lowest BCUT2D eigenvalue weighted by Crippen LogP contribution is -2.58. The van der Waals surface area contributed by atoms with E-state index in [-0.39, 0.29) is 0 Å². The molecule has 0 aromatic rings. The maximum Gasteiger partial charge on any atom is 0.0618 e. The first kappa shape index (κ1) is 8.48. The van der Waals surface area contributed by atoms with Crippen molar-refractivity contribution in [1.82, 2.24) is 10.2 Å². The largest absolute Gasteiger partial charge is 0.383 e. The lowest BCUT2D eigenvalue weighted by molar-refractivity contribution is 0.0698. The van der Waals surface area contributed by atoms with E-state index in [1.807, 2.05) is 0 Å². The third kappa shape index (κ3) is 1.49. The number of likely N-dealkylation sites (tertiary alicyclic amines) is 1. The van der Waals surface area contributed by atoms with Gasteiger partial charge in [-0.3, -0.25) is 4.90 Å². The molecule has 0 aromatic heterocycles. The molecule has 2 saturated heterocycles. The van der Waals surface area contributed by atoms with Gasteiger partial charge in [0, 0.05) is 32.3 Å². The average molecular weight is 170 g/mol. The molecule has 70 valence electrons. The standard InChI is InChI=1S/C9H18N2O/c1-12-7-8-3-2-4-11(8)9-5-10-6-9/h8-10H,2-7H2,1H3. The first-order valence-corrected chi connectivity index (χ1v) is 4.87. The Morgan fingerprint density at radius 2 is 2.33 bits per heavy atom. The normalized spacial score (nSPS) is 32.2. The molecule has 0 radical (unpaired) electrons. The SMILES string of the molecule is COCC1CCCN1C1CNC1. The molecule has 1 unspecified atom stereocenters. The second-order valence-electron chi connectivity index (χ2n) is 3.80. The summed E-state index contributed by atoms with van der Waals surface area (Å²) in [5.41, 5.74) is 0.